The van der Waals surface area contributed by atoms with Gasteiger partial charge in [-0.2, -0.15) is 13.2 Å². The molecular weight excluding hydrogens is 413 g/mol. The van der Waals surface area contributed by atoms with Gasteiger partial charge in [-0.05, 0) is 17.7 Å². The molecule has 2 aromatic rings. The molecule has 3 rings (SSSR count). The number of hydrogen-bond acceptors (Lipinski definition) is 5. The van der Waals surface area contributed by atoms with Gasteiger partial charge >= 0.3 is 12.1 Å². The molecule has 1 aliphatic rings. The van der Waals surface area contributed by atoms with Gasteiger partial charge in [-0.25, -0.2) is 0 Å². The van der Waals surface area contributed by atoms with Crippen molar-refractivity contribution in [3.8, 4) is 0 Å². The first-order chi connectivity index (χ1) is 14.4. The summed E-state index contributed by atoms with van der Waals surface area (Å²) in [6.07, 6.45) is -2.72. The molecule has 0 unspecified atom stereocenters. The molecule has 0 radical (unpaired) electrons. The molecular formula is C22H21F3N2O4. The lowest BCUT2D eigenvalue weighted by atomic mass is 9.83. The van der Waals surface area contributed by atoms with Crippen molar-refractivity contribution in [3.05, 3.63) is 75.8 Å². The molecule has 0 atom stereocenters. The van der Waals surface area contributed by atoms with Gasteiger partial charge in [0.25, 0.3) is 5.56 Å². The van der Waals surface area contributed by atoms with Crippen molar-refractivity contribution in [1.82, 2.24) is 4.57 Å². The molecule has 0 N–H and O–H groups in total. The fourth-order valence-electron chi connectivity index (χ4n) is 3.61. The predicted molar refractivity (Wildman–Crippen MR) is 108 cm³/mol. The number of likely N-dealkylation sites (N-methyl/N-ethyl adjacent to an activating group) is 1. The number of para-hydroxylation sites is 1. The van der Waals surface area contributed by atoms with Crippen LogP contribution in [0, 0.1) is 0 Å². The van der Waals surface area contributed by atoms with E-state index < -0.39 is 47.6 Å². The molecule has 164 valence electrons. The third kappa shape index (κ3) is 4.55. The number of alkyl halides is 3. The average molecular weight is 434 g/mol. The lowest BCUT2D eigenvalue weighted by Gasteiger charge is -2.23. The molecule has 9 heteroatoms. The van der Waals surface area contributed by atoms with E-state index in [2.05, 4.69) is 0 Å². The van der Waals surface area contributed by atoms with Gasteiger partial charge in [0.15, 0.2) is 12.4 Å². The van der Waals surface area contributed by atoms with Gasteiger partial charge in [0.05, 0.1) is 5.56 Å². The number of ether oxygens (including phenoxy) is 1. The van der Waals surface area contributed by atoms with Crippen LogP contribution in [0.2, 0.25) is 0 Å². The van der Waals surface area contributed by atoms with Crippen molar-refractivity contribution in [2.75, 3.05) is 18.6 Å². The number of halogens is 3. The molecule has 0 bridgehead atoms. The molecule has 0 spiro atoms. The number of allylic oxidation sites excluding steroid dienone is 1. The molecule has 0 amide bonds. The van der Waals surface area contributed by atoms with Crippen LogP contribution in [-0.2, 0) is 32.5 Å². The number of aromatic nitrogens is 1. The van der Waals surface area contributed by atoms with E-state index in [9.17, 15) is 27.6 Å². The molecule has 0 saturated heterocycles. The highest BCUT2D eigenvalue weighted by Crippen LogP contribution is 2.46. The smallest absolute Gasteiger partial charge is 0.417 e. The summed E-state index contributed by atoms with van der Waals surface area (Å²) in [7, 11) is 1.83. The van der Waals surface area contributed by atoms with Gasteiger partial charge in [-0.1, -0.05) is 32.0 Å². The van der Waals surface area contributed by atoms with Crippen LogP contribution in [0.5, 0.6) is 0 Å². The van der Waals surface area contributed by atoms with E-state index in [4.69, 9.17) is 4.74 Å². The number of benzene rings is 1. The molecule has 1 aromatic heterocycles. The molecule has 0 fully saturated rings. The minimum Gasteiger partial charge on any atom is -0.456 e. The number of nitrogens with zero attached hydrogens (tertiary/aromatic N) is 2. The maximum atomic E-state index is 12.8. The van der Waals surface area contributed by atoms with E-state index >= 15 is 0 Å². The summed E-state index contributed by atoms with van der Waals surface area (Å²) < 4.78 is 43.9. The number of pyridine rings is 1. The largest absolute Gasteiger partial charge is 0.456 e. The maximum absolute atomic E-state index is 12.8. The van der Waals surface area contributed by atoms with Crippen molar-refractivity contribution in [2.24, 2.45) is 0 Å². The Morgan fingerprint density at radius 2 is 1.81 bits per heavy atom. The fourth-order valence-corrected chi connectivity index (χ4v) is 3.61. The Hall–Kier alpha value is -3.36. The molecule has 1 aromatic carbocycles. The van der Waals surface area contributed by atoms with E-state index in [0.29, 0.717) is 16.8 Å². The van der Waals surface area contributed by atoms with E-state index in [-0.39, 0.29) is 0 Å². The van der Waals surface area contributed by atoms with Gasteiger partial charge in [0.2, 0.25) is 0 Å². The Bertz CT molecular complexity index is 1120. The van der Waals surface area contributed by atoms with Crippen LogP contribution < -0.4 is 10.5 Å². The maximum Gasteiger partial charge on any atom is 0.417 e. The molecule has 0 saturated carbocycles. The Labute approximate surface area is 176 Å². The summed E-state index contributed by atoms with van der Waals surface area (Å²) in [6.45, 7) is 2.63. The van der Waals surface area contributed by atoms with Crippen LogP contribution in [-0.4, -0.2) is 30.0 Å². The quantitative estimate of drug-likeness (QED) is 0.534. The van der Waals surface area contributed by atoms with Crippen molar-refractivity contribution in [1.29, 1.82) is 0 Å². The zero-order valence-electron chi connectivity index (χ0n) is 17.2. The van der Waals surface area contributed by atoms with E-state index in [1.807, 2.05) is 50.1 Å². The first-order valence-electron chi connectivity index (χ1n) is 9.43. The van der Waals surface area contributed by atoms with Crippen LogP contribution in [0.1, 0.15) is 25.0 Å². The standard InChI is InChI=1S/C22H21F3N2O4/c1-21(2)16-6-4-5-7-17(16)26(3)18(21)10-15(28)13-31-20(30)12-27-11-14(22(23,24)25)8-9-19(27)29/h4-11H,12-13H2,1-3H3/b18-10-. The number of hydrogen-bond donors (Lipinski definition) is 0. The molecule has 6 nitrogen and oxygen atoms in total. The van der Waals surface area contributed by atoms with Crippen molar-refractivity contribution in [2.45, 2.75) is 32.0 Å². The minimum atomic E-state index is -4.65. The first-order valence-corrected chi connectivity index (χ1v) is 9.43. The van der Waals surface area contributed by atoms with E-state index in [1.54, 1.807) is 0 Å². The Balaban J connectivity index is 1.67. The molecule has 31 heavy (non-hydrogen) atoms. The second-order valence-electron chi connectivity index (χ2n) is 7.74. The van der Waals surface area contributed by atoms with Crippen molar-refractivity contribution < 1.29 is 27.5 Å². The Kier molecular flexibility index (Phi) is 5.80. The molecule has 1 aliphatic heterocycles. The molecule has 2 heterocycles. The highest BCUT2D eigenvalue weighted by molar-refractivity contribution is 5.94. The van der Waals surface area contributed by atoms with Gasteiger partial charge in [0, 0.05) is 42.2 Å². The summed E-state index contributed by atoms with van der Waals surface area (Å²) in [6, 6.07) is 9.09. The van der Waals surface area contributed by atoms with E-state index in [0.717, 1.165) is 23.0 Å². The monoisotopic (exact) mass is 434 g/mol. The second-order valence-corrected chi connectivity index (χ2v) is 7.74. The Morgan fingerprint density at radius 1 is 1.13 bits per heavy atom. The second kappa shape index (κ2) is 8.05. The SMILES string of the molecule is CN1/C(=C\C(=O)COC(=O)Cn2cc(C(F)(F)F)ccc2=O)C(C)(C)c2ccccc21. The topological polar surface area (TPSA) is 68.6 Å². The van der Waals surface area contributed by atoms with Crippen molar-refractivity contribution >= 4 is 17.4 Å². The number of esters is 1. The number of fused-ring (bicyclic) bond motifs is 1. The fraction of sp³-hybridized carbons (Fsp3) is 0.318. The third-order valence-electron chi connectivity index (χ3n) is 5.22. The number of carbonyl (C=O) groups excluding carboxylic acids is 2. The lowest BCUT2D eigenvalue weighted by Crippen LogP contribution is -2.27. The summed E-state index contributed by atoms with van der Waals surface area (Å²) >= 11 is 0. The average Bonchev–Trinajstić information content (AvgIpc) is 2.88. The summed E-state index contributed by atoms with van der Waals surface area (Å²) in [5.41, 5.74) is 0.460. The van der Waals surface area contributed by atoms with Crippen molar-refractivity contribution in [3.63, 3.8) is 0 Å². The molecule has 0 aliphatic carbocycles. The summed E-state index contributed by atoms with van der Waals surface area (Å²) in [5, 5.41) is 0. The van der Waals surface area contributed by atoms with Crippen LogP contribution in [0.4, 0.5) is 18.9 Å². The summed E-state index contributed by atoms with van der Waals surface area (Å²) in [5.74, 6) is -1.47. The first kappa shape index (κ1) is 22.3. The van der Waals surface area contributed by atoms with Crippen LogP contribution in [0.15, 0.2) is 59.2 Å². The van der Waals surface area contributed by atoms with Gasteiger partial charge < -0.3 is 14.2 Å². The predicted octanol–water partition coefficient (Wildman–Crippen LogP) is 3.29. The van der Waals surface area contributed by atoms with E-state index in [1.165, 1.54) is 6.08 Å². The zero-order valence-corrected chi connectivity index (χ0v) is 17.2. The zero-order chi connectivity index (χ0) is 23.0. The number of rotatable bonds is 5. The lowest BCUT2D eigenvalue weighted by molar-refractivity contribution is -0.148. The summed E-state index contributed by atoms with van der Waals surface area (Å²) in [4.78, 5) is 38.0. The number of carbonyl (C=O) groups is 2. The van der Waals surface area contributed by atoms with Gasteiger partial charge in [-0.3, -0.25) is 14.4 Å². The highest BCUT2D eigenvalue weighted by atomic mass is 19.4. The Morgan fingerprint density at radius 3 is 2.45 bits per heavy atom. The third-order valence-corrected chi connectivity index (χ3v) is 5.22. The van der Waals surface area contributed by atoms with Crippen LogP contribution >= 0.6 is 0 Å². The van der Waals surface area contributed by atoms with Crippen LogP contribution in [0.3, 0.4) is 0 Å². The van der Waals surface area contributed by atoms with Gasteiger partial charge in [-0.15, -0.1) is 0 Å². The number of ketones is 1. The number of anilines is 1. The highest BCUT2D eigenvalue weighted by Gasteiger charge is 2.38. The normalized spacial score (nSPS) is 16.3. The minimum absolute atomic E-state index is 0.434. The van der Waals surface area contributed by atoms with Crippen LogP contribution in [0.25, 0.3) is 0 Å². The van der Waals surface area contributed by atoms with Gasteiger partial charge in [0.1, 0.15) is 6.54 Å².